The number of hydrogen-bond acceptors (Lipinski definition) is 6. The van der Waals surface area contributed by atoms with Crippen LogP contribution in [-0.4, -0.2) is 45.0 Å². The normalized spacial score (nSPS) is 22.2. The number of rotatable bonds is 6. The summed E-state index contributed by atoms with van der Waals surface area (Å²) >= 11 is 1.86. The van der Waals surface area contributed by atoms with Crippen LogP contribution in [0.1, 0.15) is 55.1 Å². The second-order valence-electron chi connectivity index (χ2n) is 7.66. The molecule has 2 aromatic heterocycles. The fourth-order valence-electron chi connectivity index (χ4n) is 3.96. The molecule has 5 rings (SSSR count). The Kier molecular flexibility index (Phi) is 4.18. The smallest absolute Gasteiger partial charge is 0.132 e. The Bertz CT molecular complexity index is 702. The maximum absolute atomic E-state index is 4.86. The molecule has 0 amide bonds. The molecule has 0 bridgehead atoms. The zero-order chi connectivity index (χ0) is 16.6. The van der Waals surface area contributed by atoms with Gasteiger partial charge in [-0.05, 0) is 44.6 Å². The molecule has 132 valence electrons. The Labute approximate surface area is 153 Å². The fraction of sp³-hybridized carbons (Fsp3) is 0.632. The average Bonchev–Trinajstić information content (AvgIpc) is 3.58. The largest absolute Gasteiger partial charge is 0.350 e. The summed E-state index contributed by atoms with van der Waals surface area (Å²) in [5.41, 5.74) is 1.28. The van der Waals surface area contributed by atoms with Gasteiger partial charge >= 0.3 is 0 Å². The number of piperidine rings is 1. The van der Waals surface area contributed by atoms with Crippen molar-refractivity contribution in [2.75, 3.05) is 18.0 Å². The van der Waals surface area contributed by atoms with E-state index in [2.05, 4.69) is 31.2 Å². The van der Waals surface area contributed by atoms with E-state index in [1.165, 1.54) is 49.2 Å². The first kappa shape index (κ1) is 15.7. The van der Waals surface area contributed by atoms with Crippen LogP contribution in [-0.2, 0) is 6.54 Å². The summed E-state index contributed by atoms with van der Waals surface area (Å²) in [6.45, 7) is 3.34. The van der Waals surface area contributed by atoms with Crippen molar-refractivity contribution in [1.82, 2.24) is 19.9 Å². The van der Waals surface area contributed by atoms with E-state index in [4.69, 9.17) is 4.98 Å². The third-order valence-electron chi connectivity index (χ3n) is 5.60. The van der Waals surface area contributed by atoms with Crippen molar-refractivity contribution in [3.05, 3.63) is 34.7 Å². The molecule has 0 spiro atoms. The highest BCUT2D eigenvalue weighted by atomic mass is 32.1. The van der Waals surface area contributed by atoms with Crippen LogP contribution in [0.5, 0.6) is 0 Å². The molecular weight excluding hydrogens is 330 g/mol. The van der Waals surface area contributed by atoms with Crippen LogP contribution in [0.25, 0.3) is 0 Å². The standard InChI is InChI=1S/C19H25N5S/c1-2-14(1)19-22-15(12-25-19)11-23-9-6-17(7-10-23)24(16-3-4-16)18-5-8-20-13-21-18/h5,8,12-14,16-17H,1-4,6-7,9-11H2. The van der Waals surface area contributed by atoms with Crippen molar-refractivity contribution < 1.29 is 0 Å². The summed E-state index contributed by atoms with van der Waals surface area (Å²) in [6.07, 6.45) is 11.3. The summed E-state index contributed by atoms with van der Waals surface area (Å²) in [5.74, 6) is 1.90. The van der Waals surface area contributed by atoms with Crippen LogP contribution in [0.15, 0.2) is 24.0 Å². The first-order valence-corrected chi connectivity index (χ1v) is 10.5. The Balaban J connectivity index is 1.20. The van der Waals surface area contributed by atoms with Gasteiger partial charge in [0.15, 0.2) is 0 Å². The minimum absolute atomic E-state index is 0.621. The number of hydrogen-bond donors (Lipinski definition) is 0. The molecule has 0 N–H and O–H groups in total. The van der Waals surface area contributed by atoms with Crippen LogP contribution < -0.4 is 4.90 Å². The van der Waals surface area contributed by atoms with Gasteiger partial charge in [0.1, 0.15) is 12.1 Å². The number of thiazole rings is 1. The lowest BCUT2D eigenvalue weighted by Gasteiger charge is -2.39. The van der Waals surface area contributed by atoms with Gasteiger partial charge in [-0.3, -0.25) is 4.90 Å². The lowest BCUT2D eigenvalue weighted by Crippen LogP contribution is -2.46. The van der Waals surface area contributed by atoms with E-state index in [1.54, 1.807) is 6.33 Å². The van der Waals surface area contributed by atoms with Gasteiger partial charge in [-0.15, -0.1) is 11.3 Å². The summed E-state index contributed by atoms with van der Waals surface area (Å²) in [7, 11) is 0. The van der Waals surface area contributed by atoms with Gasteiger partial charge in [0, 0.05) is 49.2 Å². The average molecular weight is 356 g/mol. The van der Waals surface area contributed by atoms with E-state index in [0.29, 0.717) is 12.1 Å². The van der Waals surface area contributed by atoms with E-state index in [1.807, 2.05) is 17.5 Å². The van der Waals surface area contributed by atoms with Gasteiger partial charge in [-0.2, -0.15) is 0 Å². The predicted octanol–water partition coefficient (Wildman–Crippen LogP) is 3.44. The van der Waals surface area contributed by atoms with E-state index < -0.39 is 0 Å². The zero-order valence-corrected chi connectivity index (χ0v) is 15.4. The summed E-state index contributed by atoms with van der Waals surface area (Å²) in [5, 5.41) is 3.64. The molecule has 3 heterocycles. The zero-order valence-electron chi connectivity index (χ0n) is 14.5. The van der Waals surface area contributed by atoms with Gasteiger partial charge in [0.2, 0.25) is 0 Å². The van der Waals surface area contributed by atoms with Gasteiger partial charge in [-0.1, -0.05) is 0 Å². The Morgan fingerprint density at radius 2 is 1.88 bits per heavy atom. The lowest BCUT2D eigenvalue weighted by molar-refractivity contribution is 0.198. The highest BCUT2D eigenvalue weighted by molar-refractivity contribution is 7.09. The molecule has 0 aromatic carbocycles. The second kappa shape index (κ2) is 6.65. The number of nitrogens with zero attached hydrogens (tertiary/aromatic N) is 5. The van der Waals surface area contributed by atoms with Crippen LogP contribution in [0.2, 0.25) is 0 Å². The first-order valence-electron chi connectivity index (χ1n) is 9.58. The minimum Gasteiger partial charge on any atom is -0.350 e. The van der Waals surface area contributed by atoms with E-state index >= 15 is 0 Å². The van der Waals surface area contributed by atoms with Crippen molar-refractivity contribution in [3.63, 3.8) is 0 Å². The van der Waals surface area contributed by atoms with Crippen molar-refractivity contribution in [2.45, 2.75) is 63.1 Å². The Morgan fingerprint density at radius 1 is 1.08 bits per heavy atom. The first-order chi connectivity index (χ1) is 12.4. The van der Waals surface area contributed by atoms with Crippen LogP contribution in [0.3, 0.4) is 0 Å². The van der Waals surface area contributed by atoms with Crippen molar-refractivity contribution in [1.29, 1.82) is 0 Å². The predicted molar refractivity (Wildman–Crippen MR) is 99.9 cm³/mol. The SMILES string of the molecule is c1cc(N(C2CC2)C2CCN(Cc3csc(C4CC4)n3)CC2)ncn1. The molecule has 3 fully saturated rings. The number of likely N-dealkylation sites (tertiary alicyclic amines) is 1. The van der Waals surface area contributed by atoms with Gasteiger partial charge in [-0.25, -0.2) is 15.0 Å². The molecule has 1 aliphatic heterocycles. The van der Waals surface area contributed by atoms with Crippen molar-refractivity contribution in [2.24, 2.45) is 0 Å². The van der Waals surface area contributed by atoms with Crippen molar-refractivity contribution >= 4 is 17.2 Å². The maximum atomic E-state index is 4.86. The molecule has 3 aliphatic rings. The second-order valence-corrected chi connectivity index (χ2v) is 8.55. The minimum atomic E-state index is 0.621. The van der Waals surface area contributed by atoms with E-state index in [-0.39, 0.29) is 0 Å². The molecule has 25 heavy (non-hydrogen) atoms. The number of anilines is 1. The topological polar surface area (TPSA) is 45.2 Å². The molecular formula is C19H25N5S. The van der Waals surface area contributed by atoms with Crippen LogP contribution >= 0.6 is 11.3 Å². The fourth-order valence-corrected chi connectivity index (χ4v) is 4.94. The highest BCUT2D eigenvalue weighted by Crippen LogP contribution is 2.41. The molecule has 2 aliphatic carbocycles. The Morgan fingerprint density at radius 3 is 2.56 bits per heavy atom. The summed E-state index contributed by atoms with van der Waals surface area (Å²) in [6, 6.07) is 3.39. The third kappa shape index (κ3) is 3.55. The summed E-state index contributed by atoms with van der Waals surface area (Å²) < 4.78 is 0. The molecule has 2 aromatic rings. The van der Waals surface area contributed by atoms with E-state index in [9.17, 15) is 0 Å². The molecule has 2 saturated carbocycles. The van der Waals surface area contributed by atoms with Gasteiger partial charge < -0.3 is 4.90 Å². The monoisotopic (exact) mass is 355 g/mol. The molecule has 0 radical (unpaired) electrons. The number of aromatic nitrogens is 3. The van der Waals surface area contributed by atoms with Crippen LogP contribution in [0, 0.1) is 0 Å². The van der Waals surface area contributed by atoms with Gasteiger partial charge in [0.05, 0.1) is 10.7 Å². The molecule has 0 atom stereocenters. The molecule has 6 heteroatoms. The van der Waals surface area contributed by atoms with E-state index in [0.717, 1.165) is 31.4 Å². The third-order valence-corrected chi connectivity index (χ3v) is 6.66. The molecule has 1 saturated heterocycles. The summed E-state index contributed by atoms with van der Waals surface area (Å²) in [4.78, 5) is 18.6. The van der Waals surface area contributed by atoms with Gasteiger partial charge in [0.25, 0.3) is 0 Å². The quantitative estimate of drug-likeness (QED) is 0.794. The Hall–Kier alpha value is -1.53. The highest BCUT2D eigenvalue weighted by Gasteiger charge is 2.36. The van der Waals surface area contributed by atoms with Crippen molar-refractivity contribution in [3.8, 4) is 0 Å². The van der Waals surface area contributed by atoms with Crippen LogP contribution in [0.4, 0.5) is 5.82 Å². The molecule has 5 nitrogen and oxygen atoms in total. The maximum Gasteiger partial charge on any atom is 0.132 e. The lowest BCUT2D eigenvalue weighted by atomic mass is 10.0. The molecule has 0 unspecified atom stereocenters.